The molecule has 0 radical (unpaired) electrons. The fourth-order valence-corrected chi connectivity index (χ4v) is 3.56. The molecular weight excluding hydrogens is 242 g/mol. The van der Waals surface area contributed by atoms with Crippen LogP contribution >= 0.6 is 11.3 Å². The third kappa shape index (κ3) is 2.58. The Morgan fingerprint density at radius 2 is 2.06 bits per heavy atom. The van der Waals surface area contributed by atoms with Gasteiger partial charge in [0.15, 0.2) is 0 Å². The second kappa shape index (κ2) is 5.83. The Morgan fingerprint density at radius 3 is 2.67 bits per heavy atom. The standard InChI is InChI=1S/C15H21NOS/c1-4-12(9-17)16-11(3)15-10(2)13-7-5-6-8-14(13)18-15/h5-8,11-12,16-17H,4,9H2,1-3H3/t11?,12-/m0/s1. The number of fused-ring (bicyclic) bond motifs is 1. The van der Waals surface area contributed by atoms with E-state index in [1.54, 1.807) is 0 Å². The summed E-state index contributed by atoms with van der Waals surface area (Å²) < 4.78 is 1.34. The van der Waals surface area contributed by atoms with Crippen molar-refractivity contribution in [1.29, 1.82) is 0 Å². The maximum absolute atomic E-state index is 9.27. The normalized spacial score (nSPS) is 14.9. The molecule has 2 nitrogen and oxygen atoms in total. The number of aliphatic hydroxyl groups excluding tert-OH is 1. The van der Waals surface area contributed by atoms with E-state index in [-0.39, 0.29) is 12.6 Å². The minimum Gasteiger partial charge on any atom is -0.395 e. The lowest BCUT2D eigenvalue weighted by Crippen LogP contribution is -2.33. The van der Waals surface area contributed by atoms with Crippen molar-refractivity contribution in [3.63, 3.8) is 0 Å². The zero-order valence-electron chi connectivity index (χ0n) is 11.2. The highest BCUT2D eigenvalue weighted by Crippen LogP contribution is 2.34. The summed E-state index contributed by atoms with van der Waals surface area (Å²) in [6.07, 6.45) is 0.949. The van der Waals surface area contributed by atoms with Crippen molar-refractivity contribution in [2.24, 2.45) is 0 Å². The van der Waals surface area contributed by atoms with Crippen LogP contribution in [0.2, 0.25) is 0 Å². The molecule has 0 amide bonds. The minimum atomic E-state index is 0.185. The molecule has 2 rings (SSSR count). The highest BCUT2D eigenvalue weighted by molar-refractivity contribution is 7.19. The minimum absolute atomic E-state index is 0.185. The highest BCUT2D eigenvalue weighted by Gasteiger charge is 2.16. The number of aliphatic hydroxyl groups is 1. The monoisotopic (exact) mass is 263 g/mol. The Bertz CT molecular complexity index is 516. The van der Waals surface area contributed by atoms with Crippen LogP contribution in [0.4, 0.5) is 0 Å². The summed E-state index contributed by atoms with van der Waals surface area (Å²) in [7, 11) is 0. The SMILES string of the molecule is CC[C@@H](CO)NC(C)c1sc2ccccc2c1C. The second-order valence-electron chi connectivity index (χ2n) is 4.76. The first-order valence-corrected chi connectivity index (χ1v) is 7.34. The molecular formula is C15H21NOS. The van der Waals surface area contributed by atoms with Gasteiger partial charge >= 0.3 is 0 Å². The average molecular weight is 263 g/mol. The molecule has 18 heavy (non-hydrogen) atoms. The van der Waals surface area contributed by atoms with Crippen molar-refractivity contribution < 1.29 is 5.11 Å². The van der Waals surface area contributed by atoms with Gasteiger partial charge in [-0.2, -0.15) is 0 Å². The molecule has 1 heterocycles. The van der Waals surface area contributed by atoms with Crippen molar-refractivity contribution in [1.82, 2.24) is 5.32 Å². The van der Waals surface area contributed by atoms with Crippen molar-refractivity contribution in [2.75, 3.05) is 6.61 Å². The molecule has 0 bridgehead atoms. The first kappa shape index (κ1) is 13.5. The molecule has 98 valence electrons. The van der Waals surface area contributed by atoms with E-state index < -0.39 is 0 Å². The van der Waals surface area contributed by atoms with E-state index in [0.29, 0.717) is 6.04 Å². The third-order valence-corrected chi connectivity index (χ3v) is 4.93. The molecule has 0 aliphatic heterocycles. The van der Waals surface area contributed by atoms with Crippen LogP contribution in [0.3, 0.4) is 0 Å². The van der Waals surface area contributed by atoms with E-state index in [1.807, 2.05) is 11.3 Å². The van der Waals surface area contributed by atoms with E-state index in [2.05, 4.69) is 50.4 Å². The number of aryl methyl sites for hydroxylation is 1. The van der Waals surface area contributed by atoms with Gasteiger partial charge in [-0.15, -0.1) is 11.3 Å². The van der Waals surface area contributed by atoms with E-state index in [1.165, 1.54) is 20.5 Å². The lowest BCUT2D eigenvalue weighted by atomic mass is 10.1. The fourth-order valence-electron chi connectivity index (χ4n) is 2.34. The molecule has 1 aromatic carbocycles. The molecule has 2 atom stereocenters. The predicted octanol–water partition coefficient (Wildman–Crippen LogP) is 3.63. The number of nitrogens with one attached hydrogen (secondary N) is 1. The van der Waals surface area contributed by atoms with E-state index in [9.17, 15) is 5.11 Å². The van der Waals surface area contributed by atoms with Gasteiger partial charge in [-0.1, -0.05) is 25.1 Å². The maximum atomic E-state index is 9.27. The van der Waals surface area contributed by atoms with Crippen LogP contribution in [-0.2, 0) is 0 Å². The number of rotatable bonds is 5. The molecule has 0 saturated heterocycles. The Kier molecular flexibility index (Phi) is 4.38. The lowest BCUT2D eigenvalue weighted by molar-refractivity contribution is 0.230. The maximum Gasteiger partial charge on any atom is 0.0584 e. The molecule has 0 aliphatic rings. The van der Waals surface area contributed by atoms with E-state index in [0.717, 1.165) is 6.42 Å². The van der Waals surface area contributed by atoms with Gasteiger partial charge in [-0.25, -0.2) is 0 Å². The van der Waals surface area contributed by atoms with Crippen molar-refractivity contribution >= 4 is 21.4 Å². The number of hydrogen-bond acceptors (Lipinski definition) is 3. The third-order valence-electron chi connectivity index (χ3n) is 3.47. The topological polar surface area (TPSA) is 32.3 Å². The van der Waals surface area contributed by atoms with Gasteiger partial charge < -0.3 is 10.4 Å². The zero-order valence-corrected chi connectivity index (χ0v) is 12.1. The molecule has 0 aliphatic carbocycles. The Labute approximate surface area is 113 Å². The first-order valence-electron chi connectivity index (χ1n) is 6.52. The van der Waals surface area contributed by atoms with Crippen LogP contribution in [0.15, 0.2) is 24.3 Å². The van der Waals surface area contributed by atoms with Gasteiger partial charge in [-0.05, 0) is 37.3 Å². The van der Waals surface area contributed by atoms with Crippen LogP contribution in [-0.4, -0.2) is 17.8 Å². The van der Waals surface area contributed by atoms with Crippen LogP contribution in [0.5, 0.6) is 0 Å². The fraction of sp³-hybridized carbons (Fsp3) is 0.467. The summed E-state index contributed by atoms with van der Waals surface area (Å²) in [6, 6.07) is 9.01. The lowest BCUT2D eigenvalue weighted by Gasteiger charge is -2.20. The van der Waals surface area contributed by atoms with Crippen LogP contribution in [0.1, 0.15) is 36.8 Å². The van der Waals surface area contributed by atoms with Crippen molar-refractivity contribution in [2.45, 2.75) is 39.3 Å². The quantitative estimate of drug-likeness (QED) is 0.863. The number of thiophene rings is 1. The van der Waals surface area contributed by atoms with Crippen LogP contribution in [0, 0.1) is 6.92 Å². The van der Waals surface area contributed by atoms with Gasteiger partial charge in [0.2, 0.25) is 0 Å². The first-order chi connectivity index (χ1) is 8.67. The largest absolute Gasteiger partial charge is 0.395 e. The Morgan fingerprint density at radius 1 is 1.33 bits per heavy atom. The zero-order chi connectivity index (χ0) is 13.1. The van der Waals surface area contributed by atoms with Gasteiger partial charge in [-0.3, -0.25) is 0 Å². The smallest absolute Gasteiger partial charge is 0.0584 e. The summed E-state index contributed by atoms with van der Waals surface area (Å²) in [6.45, 7) is 6.66. The van der Waals surface area contributed by atoms with Crippen molar-refractivity contribution in [3.05, 3.63) is 34.7 Å². The van der Waals surface area contributed by atoms with Gasteiger partial charge in [0.1, 0.15) is 0 Å². The molecule has 1 unspecified atom stereocenters. The number of hydrogen-bond donors (Lipinski definition) is 2. The van der Waals surface area contributed by atoms with Gasteiger partial charge in [0, 0.05) is 21.7 Å². The van der Waals surface area contributed by atoms with Crippen molar-refractivity contribution in [3.8, 4) is 0 Å². The molecule has 2 aromatic rings. The molecule has 2 N–H and O–H groups in total. The molecule has 3 heteroatoms. The van der Waals surface area contributed by atoms with E-state index >= 15 is 0 Å². The Hall–Kier alpha value is -0.900. The summed E-state index contributed by atoms with van der Waals surface area (Å²) in [5.74, 6) is 0. The molecule has 0 fully saturated rings. The summed E-state index contributed by atoms with van der Waals surface area (Å²) >= 11 is 1.85. The van der Waals surface area contributed by atoms with Crippen LogP contribution in [0.25, 0.3) is 10.1 Å². The molecule has 1 aromatic heterocycles. The van der Waals surface area contributed by atoms with Gasteiger partial charge in [0.05, 0.1) is 6.61 Å². The number of benzene rings is 1. The highest BCUT2D eigenvalue weighted by atomic mass is 32.1. The second-order valence-corrected chi connectivity index (χ2v) is 5.85. The van der Waals surface area contributed by atoms with Gasteiger partial charge in [0.25, 0.3) is 0 Å². The molecule has 0 saturated carbocycles. The summed E-state index contributed by atoms with van der Waals surface area (Å²) in [5.41, 5.74) is 1.36. The van der Waals surface area contributed by atoms with E-state index in [4.69, 9.17) is 0 Å². The average Bonchev–Trinajstić information content (AvgIpc) is 2.74. The Balaban J connectivity index is 2.27. The summed E-state index contributed by atoms with van der Waals surface area (Å²) in [5, 5.41) is 14.1. The van der Waals surface area contributed by atoms with Crippen LogP contribution < -0.4 is 5.32 Å². The summed E-state index contributed by atoms with van der Waals surface area (Å²) in [4.78, 5) is 1.38. The molecule has 0 spiro atoms. The predicted molar refractivity (Wildman–Crippen MR) is 79.3 cm³/mol.